The third-order valence-corrected chi connectivity index (χ3v) is 4.83. The second-order valence-corrected chi connectivity index (χ2v) is 7.04. The van der Waals surface area contributed by atoms with Gasteiger partial charge < -0.3 is 10.6 Å². The number of hydrogen-bond donors (Lipinski definition) is 2. The molecule has 0 spiro atoms. The van der Waals surface area contributed by atoms with Crippen LogP contribution in [0.4, 0.5) is 14.5 Å². The molecule has 148 valence electrons. The van der Waals surface area contributed by atoms with Gasteiger partial charge in [-0.2, -0.15) is 5.10 Å². The maximum absolute atomic E-state index is 14.5. The molecule has 0 amide bonds. The highest BCUT2D eigenvalue weighted by Crippen LogP contribution is 2.24. The van der Waals surface area contributed by atoms with E-state index in [9.17, 15) is 8.78 Å². The van der Waals surface area contributed by atoms with Crippen molar-refractivity contribution in [1.82, 2.24) is 10.3 Å². The first-order valence-corrected chi connectivity index (χ1v) is 9.53. The molecule has 8 heteroatoms. The fourth-order valence-electron chi connectivity index (χ4n) is 3.21. The van der Waals surface area contributed by atoms with Crippen LogP contribution >= 0.6 is 12.2 Å². The molecule has 0 radical (unpaired) electrons. The fourth-order valence-corrected chi connectivity index (χ4v) is 3.26. The summed E-state index contributed by atoms with van der Waals surface area (Å²) in [4.78, 5) is 4.23. The van der Waals surface area contributed by atoms with E-state index in [1.165, 1.54) is 11.6 Å². The van der Waals surface area contributed by atoms with Crippen LogP contribution in [-0.4, -0.2) is 49.0 Å². The monoisotopic (exact) mass is 403 g/mol. The zero-order valence-electron chi connectivity index (χ0n) is 15.4. The molecule has 2 aromatic rings. The molecule has 3 N–H and O–H groups in total. The van der Waals surface area contributed by atoms with Crippen LogP contribution in [0.25, 0.3) is 0 Å². The standard InChI is InChI=1S/C20H23F2N5S/c21-18-16(14-24-25-20(23)28)6-7-17(19(18)22)27-12-10-26(11-13-27)9-8-15-4-2-1-3-5-15/h1-7,14H,8-13H2,(H3,23,25,28). The van der Waals surface area contributed by atoms with E-state index < -0.39 is 11.6 Å². The van der Waals surface area contributed by atoms with Gasteiger partial charge in [0.25, 0.3) is 0 Å². The number of rotatable bonds is 6. The van der Waals surface area contributed by atoms with Crippen molar-refractivity contribution < 1.29 is 8.78 Å². The number of hydrogen-bond acceptors (Lipinski definition) is 4. The highest BCUT2D eigenvalue weighted by atomic mass is 32.1. The van der Waals surface area contributed by atoms with E-state index in [0.717, 1.165) is 32.3 Å². The average Bonchev–Trinajstić information content (AvgIpc) is 2.71. The molecular weight excluding hydrogens is 380 g/mol. The highest BCUT2D eigenvalue weighted by molar-refractivity contribution is 7.80. The molecule has 0 atom stereocenters. The number of nitrogens with zero attached hydrogens (tertiary/aromatic N) is 3. The number of piperazine rings is 1. The van der Waals surface area contributed by atoms with Crippen molar-refractivity contribution in [2.45, 2.75) is 6.42 Å². The van der Waals surface area contributed by atoms with Gasteiger partial charge >= 0.3 is 0 Å². The van der Waals surface area contributed by atoms with Gasteiger partial charge in [-0.3, -0.25) is 10.3 Å². The first kappa shape index (κ1) is 20.2. The predicted molar refractivity (Wildman–Crippen MR) is 113 cm³/mol. The topological polar surface area (TPSA) is 56.9 Å². The Hall–Kier alpha value is -2.58. The van der Waals surface area contributed by atoms with Gasteiger partial charge in [0.05, 0.1) is 11.9 Å². The maximum Gasteiger partial charge on any atom is 0.184 e. The van der Waals surface area contributed by atoms with Gasteiger partial charge in [-0.25, -0.2) is 8.78 Å². The molecule has 0 aromatic heterocycles. The zero-order valence-corrected chi connectivity index (χ0v) is 16.3. The Balaban J connectivity index is 1.57. The van der Waals surface area contributed by atoms with E-state index in [1.54, 1.807) is 6.07 Å². The highest BCUT2D eigenvalue weighted by Gasteiger charge is 2.22. The molecule has 0 aliphatic carbocycles. The normalized spacial score (nSPS) is 15.1. The summed E-state index contributed by atoms with van der Waals surface area (Å²) < 4.78 is 28.9. The molecule has 1 aliphatic heterocycles. The van der Waals surface area contributed by atoms with E-state index in [-0.39, 0.29) is 16.4 Å². The molecule has 5 nitrogen and oxygen atoms in total. The number of halogens is 2. The van der Waals surface area contributed by atoms with Crippen LogP contribution in [0.3, 0.4) is 0 Å². The lowest BCUT2D eigenvalue weighted by molar-refractivity contribution is 0.260. The SMILES string of the molecule is NC(=S)NN=Cc1ccc(N2CCN(CCc3ccccc3)CC2)c(F)c1F. The lowest BCUT2D eigenvalue weighted by atomic mass is 10.1. The smallest absolute Gasteiger partial charge is 0.184 e. The lowest BCUT2D eigenvalue weighted by Gasteiger charge is -2.36. The van der Waals surface area contributed by atoms with Crippen molar-refractivity contribution in [1.29, 1.82) is 0 Å². The van der Waals surface area contributed by atoms with Crippen molar-refractivity contribution in [3.63, 3.8) is 0 Å². The zero-order chi connectivity index (χ0) is 19.9. The van der Waals surface area contributed by atoms with Crippen molar-refractivity contribution in [2.75, 3.05) is 37.6 Å². The van der Waals surface area contributed by atoms with Crippen LogP contribution in [0.1, 0.15) is 11.1 Å². The molecule has 0 unspecified atom stereocenters. The largest absolute Gasteiger partial charge is 0.375 e. The number of thiocarbonyl (C=S) groups is 1. The first-order valence-electron chi connectivity index (χ1n) is 9.12. The van der Waals surface area contributed by atoms with Gasteiger partial charge in [-0.1, -0.05) is 30.3 Å². The van der Waals surface area contributed by atoms with Gasteiger partial charge in [0.2, 0.25) is 0 Å². The number of nitrogens with one attached hydrogen (secondary N) is 1. The quantitative estimate of drug-likeness (QED) is 0.441. The van der Waals surface area contributed by atoms with Crippen molar-refractivity contribution in [3.8, 4) is 0 Å². The minimum absolute atomic E-state index is 0.0338. The summed E-state index contributed by atoms with van der Waals surface area (Å²) in [6.45, 7) is 3.90. The molecule has 1 aliphatic rings. The van der Waals surface area contributed by atoms with Crippen LogP contribution in [0.5, 0.6) is 0 Å². The van der Waals surface area contributed by atoms with Crippen LogP contribution < -0.4 is 16.1 Å². The summed E-state index contributed by atoms with van der Waals surface area (Å²) in [7, 11) is 0. The third kappa shape index (κ3) is 5.24. The summed E-state index contributed by atoms with van der Waals surface area (Å²) in [5.74, 6) is -1.80. The second kappa shape index (κ2) is 9.57. The summed E-state index contributed by atoms with van der Waals surface area (Å²) in [5, 5.41) is 3.63. The summed E-state index contributed by atoms with van der Waals surface area (Å²) in [6, 6.07) is 13.4. The molecular formula is C20H23F2N5S. The van der Waals surface area contributed by atoms with Gasteiger partial charge in [0.1, 0.15) is 0 Å². The number of benzene rings is 2. The van der Waals surface area contributed by atoms with E-state index in [0.29, 0.717) is 13.1 Å². The summed E-state index contributed by atoms with van der Waals surface area (Å²) >= 11 is 4.61. The van der Waals surface area contributed by atoms with Crippen LogP contribution in [0.2, 0.25) is 0 Å². The molecule has 3 rings (SSSR count). The Morgan fingerprint density at radius 3 is 2.46 bits per heavy atom. The van der Waals surface area contributed by atoms with Gasteiger partial charge in [-0.05, 0) is 36.3 Å². The summed E-state index contributed by atoms with van der Waals surface area (Å²) in [6.07, 6.45) is 2.14. The van der Waals surface area contributed by atoms with E-state index in [4.69, 9.17) is 5.73 Å². The first-order chi connectivity index (χ1) is 13.5. The number of hydrazone groups is 1. The van der Waals surface area contributed by atoms with Crippen molar-refractivity contribution >= 4 is 29.2 Å². The van der Waals surface area contributed by atoms with Gasteiger partial charge in [0, 0.05) is 38.3 Å². The van der Waals surface area contributed by atoms with E-state index in [1.807, 2.05) is 23.1 Å². The summed E-state index contributed by atoms with van der Waals surface area (Å²) in [5.41, 5.74) is 9.18. The Bertz CT molecular complexity index is 836. The predicted octanol–water partition coefficient (Wildman–Crippen LogP) is 2.50. The van der Waals surface area contributed by atoms with Crippen LogP contribution in [-0.2, 0) is 6.42 Å². The molecule has 1 heterocycles. The molecule has 2 aromatic carbocycles. The number of anilines is 1. The second-order valence-electron chi connectivity index (χ2n) is 6.60. The minimum atomic E-state index is -0.933. The molecule has 0 saturated carbocycles. The van der Waals surface area contributed by atoms with Crippen LogP contribution in [0.15, 0.2) is 47.6 Å². The van der Waals surface area contributed by atoms with E-state index in [2.05, 4.69) is 39.8 Å². The van der Waals surface area contributed by atoms with Crippen molar-refractivity contribution in [3.05, 3.63) is 65.2 Å². The van der Waals surface area contributed by atoms with E-state index >= 15 is 0 Å². The molecule has 1 saturated heterocycles. The minimum Gasteiger partial charge on any atom is -0.375 e. The Morgan fingerprint density at radius 2 is 1.79 bits per heavy atom. The lowest BCUT2D eigenvalue weighted by Crippen LogP contribution is -2.47. The average molecular weight is 404 g/mol. The van der Waals surface area contributed by atoms with Crippen molar-refractivity contribution in [2.24, 2.45) is 10.8 Å². The molecule has 1 fully saturated rings. The van der Waals surface area contributed by atoms with Gasteiger partial charge in [-0.15, -0.1) is 0 Å². The fraction of sp³-hybridized carbons (Fsp3) is 0.300. The Kier molecular flexibility index (Phi) is 6.89. The molecule has 28 heavy (non-hydrogen) atoms. The Labute approximate surface area is 168 Å². The van der Waals surface area contributed by atoms with Crippen LogP contribution in [0, 0.1) is 11.6 Å². The maximum atomic E-state index is 14.5. The molecule has 0 bridgehead atoms. The Morgan fingerprint density at radius 1 is 1.07 bits per heavy atom. The number of nitrogens with two attached hydrogens (primary N) is 1. The van der Waals surface area contributed by atoms with Gasteiger partial charge in [0.15, 0.2) is 16.7 Å². The third-order valence-electron chi connectivity index (χ3n) is 4.74.